The Morgan fingerprint density at radius 3 is 2.24 bits per heavy atom. The lowest BCUT2D eigenvalue weighted by Crippen LogP contribution is -2.46. The van der Waals surface area contributed by atoms with Crippen LogP contribution in [0.4, 0.5) is 0 Å². The Labute approximate surface area is 152 Å². The Morgan fingerprint density at radius 1 is 1.00 bits per heavy atom. The molecule has 0 aliphatic carbocycles. The number of thiol groups is 1. The quantitative estimate of drug-likeness (QED) is 0.741. The van der Waals surface area contributed by atoms with Crippen molar-refractivity contribution in [3.63, 3.8) is 0 Å². The molecule has 1 saturated heterocycles. The summed E-state index contributed by atoms with van der Waals surface area (Å²) >= 11 is 4.34. The Balaban J connectivity index is 1.57. The number of aromatic hydroxyl groups is 1. The van der Waals surface area contributed by atoms with Crippen LogP contribution < -0.4 is 5.32 Å². The molecule has 1 aliphatic heterocycles. The average Bonchev–Trinajstić information content (AvgIpc) is 2.62. The van der Waals surface area contributed by atoms with E-state index >= 15 is 0 Å². The van der Waals surface area contributed by atoms with E-state index in [1.54, 1.807) is 35.2 Å². The number of rotatable bonds is 3. The van der Waals surface area contributed by atoms with Crippen molar-refractivity contribution in [2.24, 2.45) is 0 Å². The highest BCUT2D eigenvalue weighted by Gasteiger charge is 2.26. The second kappa shape index (κ2) is 7.61. The molecule has 2 aromatic carbocycles. The van der Waals surface area contributed by atoms with Crippen molar-refractivity contribution >= 4 is 24.4 Å². The van der Waals surface area contributed by atoms with Gasteiger partial charge in [-0.1, -0.05) is 24.3 Å². The minimum absolute atomic E-state index is 0.0117. The van der Waals surface area contributed by atoms with E-state index < -0.39 is 0 Å². The summed E-state index contributed by atoms with van der Waals surface area (Å²) < 4.78 is 0. The summed E-state index contributed by atoms with van der Waals surface area (Å²) in [6, 6.07) is 13.7. The van der Waals surface area contributed by atoms with Gasteiger partial charge in [-0.05, 0) is 37.1 Å². The summed E-state index contributed by atoms with van der Waals surface area (Å²) in [7, 11) is 0. The molecule has 0 atom stereocenters. The van der Waals surface area contributed by atoms with Crippen LogP contribution in [0.3, 0.4) is 0 Å². The van der Waals surface area contributed by atoms with Crippen LogP contribution in [0.15, 0.2) is 53.4 Å². The Hall–Kier alpha value is -2.47. The molecule has 1 heterocycles. The number of carbonyl (C=O) groups is 2. The predicted molar refractivity (Wildman–Crippen MR) is 98.2 cm³/mol. The van der Waals surface area contributed by atoms with Gasteiger partial charge in [-0.25, -0.2) is 0 Å². The van der Waals surface area contributed by atoms with Crippen molar-refractivity contribution < 1.29 is 14.7 Å². The van der Waals surface area contributed by atoms with Crippen molar-refractivity contribution in [3.8, 4) is 5.75 Å². The van der Waals surface area contributed by atoms with Crippen LogP contribution in [0.5, 0.6) is 5.75 Å². The third kappa shape index (κ3) is 3.96. The molecule has 0 spiro atoms. The molecule has 2 N–H and O–H groups in total. The Morgan fingerprint density at radius 2 is 1.60 bits per heavy atom. The molecule has 2 amide bonds. The zero-order valence-corrected chi connectivity index (χ0v) is 14.6. The Bertz CT molecular complexity index is 786. The molecule has 25 heavy (non-hydrogen) atoms. The number of benzene rings is 2. The first-order valence-electron chi connectivity index (χ1n) is 8.22. The van der Waals surface area contributed by atoms with E-state index in [1.807, 2.05) is 12.1 Å². The maximum absolute atomic E-state index is 12.6. The molecular weight excluding hydrogens is 336 g/mol. The lowest BCUT2D eigenvalue weighted by molar-refractivity contribution is 0.0694. The van der Waals surface area contributed by atoms with Gasteiger partial charge in [0.05, 0.1) is 11.1 Å². The number of phenols is 1. The van der Waals surface area contributed by atoms with Crippen LogP contribution in [0.2, 0.25) is 0 Å². The molecule has 0 radical (unpaired) electrons. The third-order valence-corrected chi connectivity index (χ3v) is 4.79. The first-order chi connectivity index (χ1) is 12.1. The second-order valence-electron chi connectivity index (χ2n) is 6.07. The van der Waals surface area contributed by atoms with Crippen molar-refractivity contribution in [2.45, 2.75) is 23.8 Å². The maximum atomic E-state index is 12.6. The van der Waals surface area contributed by atoms with Gasteiger partial charge in [0.1, 0.15) is 5.75 Å². The van der Waals surface area contributed by atoms with E-state index in [4.69, 9.17) is 0 Å². The van der Waals surface area contributed by atoms with Gasteiger partial charge in [0.25, 0.3) is 11.8 Å². The highest BCUT2D eigenvalue weighted by molar-refractivity contribution is 7.80. The molecule has 6 heteroatoms. The highest BCUT2D eigenvalue weighted by Crippen LogP contribution is 2.20. The van der Waals surface area contributed by atoms with E-state index in [-0.39, 0.29) is 29.2 Å². The molecular formula is C19H20N2O3S. The normalized spacial score (nSPS) is 15.0. The summed E-state index contributed by atoms with van der Waals surface area (Å²) in [5, 5.41) is 12.7. The van der Waals surface area contributed by atoms with Crippen molar-refractivity contribution in [1.29, 1.82) is 0 Å². The van der Waals surface area contributed by atoms with Crippen LogP contribution in [0, 0.1) is 0 Å². The summed E-state index contributed by atoms with van der Waals surface area (Å²) in [5.74, 6) is -0.349. The summed E-state index contributed by atoms with van der Waals surface area (Å²) in [5.41, 5.74) is 0.868. The molecule has 1 aliphatic rings. The largest absolute Gasteiger partial charge is 0.507 e. The molecule has 5 nitrogen and oxygen atoms in total. The number of para-hydroxylation sites is 1. The van der Waals surface area contributed by atoms with Gasteiger partial charge >= 0.3 is 0 Å². The van der Waals surface area contributed by atoms with E-state index in [2.05, 4.69) is 17.9 Å². The number of nitrogens with one attached hydrogen (secondary N) is 1. The zero-order chi connectivity index (χ0) is 17.8. The topological polar surface area (TPSA) is 69.6 Å². The standard InChI is InChI=1S/C19H20N2O3S/c22-16-7-3-1-5-14(16)18(23)20-13-9-11-21(12-10-13)19(24)15-6-2-4-8-17(15)25/h1-8,13,22,25H,9-12H2,(H,20,23). The number of piperidine rings is 1. The van der Waals surface area contributed by atoms with Crippen molar-refractivity contribution in [2.75, 3.05) is 13.1 Å². The summed E-state index contributed by atoms with van der Waals surface area (Å²) in [6.07, 6.45) is 1.36. The first kappa shape index (κ1) is 17.4. The fourth-order valence-corrected chi connectivity index (χ4v) is 3.24. The van der Waals surface area contributed by atoms with Gasteiger partial charge in [0, 0.05) is 24.0 Å². The smallest absolute Gasteiger partial charge is 0.255 e. The van der Waals surface area contributed by atoms with Crippen molar-refractivity contribution in [3.05, 3.63) is 59.7 Å². The monoisotopic (exact) mass is 356 g/mol. The SMILES string of the molecule is O=C(NC1CCN(C(=O)c2ccccc2S)CC1)c1ccccc1O. The van der Waals surface area contributed by atoms with E-state index in [0.29, 0.717) is 36.4 Å². The molecule has 0 saturated carbocycles. The lowest BCUT2D eigenvalue weighted by atomic mass is 10.0. The van der Waals surface area contributed by atoms with Crippen LogP contribution in [-0.4, -0.2) is 41.0 Å². The van der Waals surface area contributed by atoms with Crippen LogP contribution in [0.25, 0.3) is 0 Å². The Kier molecular flexibility index (Phi) is 5.28. The van der Waals surface area contributed by atoms with Crippen molar-refractivity contribution in [1.82, 2.24) is 10.2 Å². The van der Waals surface area contributed by atoms with Gasteiger partial charge in [0.2, 0.25) is 0 Å². The molecule has 3 rings (SSSR count). The molecule has 0 bridgehead atoms. The molecule has 0 aromatic heterocycles. The van der Waals surface area contributed by atoms with Crippen LogP contribution >= 0.6 is 12.6 Å². The minimum Gasteiger partial charge on any atom is -0.507 e. The van der Waals surface area contributed by atoms with Gasteiger partial charge < -0.3 is 15.3 Å². The van der Waals surface area contributed by atoms with Gasteiger partial charge in [-0.3, -0.25) is 9.59 Å². The number of carbonyl (C=O) groups excluding carboxylic acids is 2. The second-order valence-corrected chi connectivity index (χ2v) is 6.56. The minimum atomic E-state index is -0.288. The van der Waals surface area contributed by atoms with Gasteiger partial charge in [0.15, 0.2) is 0 Å². The number of hydrogen-bond donors (Lipinski definition) is 3. The first-order valence-corrected chi connectivity index (χ1v) is 8.67. The number of phenolic OH excluding ortho intramolecular Hbond substituents is 1. The average molecular weight is 356 g/mol. The van der Waals surface area contributed by atoms with Gasteiger partial charge in [-0.15, -0.1) is 12.6 Å². The lowest BCUT2D eigenvalue weighted by Gasteiger charge is -2.32. The molecule has 2 aromatic rings. The van der Waals surface area contributed by atoms with Crippen LogP contribution in [0.1, 0.15) is 33.6 Å². The number of likely N-dealkylation sites (tertiary alicyclic amines) is 1. The van der Waals surface area contributed by atoms with E-state index in [9.17, 15) is 14.7 Å². The molecule has 1 fully saturated rings. The number of hydrogen-bond acceptors (Lipinski definition) is 4. The number of nitrogens with zero attached hydrogens (tertiary/aromatic N) is 1. The maximum Gasteiger partial charge on any atom is 0.255 e. The highest BCUT2D eigenvalue weighted by atomic mass is 32.1. The van der Waals surface area contributed by atoms with Gasteiger partial charge in [-0.2, -0.15) is 0 Å². The summed E-state index contributed by atoms with van der Waals surface area (Å²) in [4.78, 5) is 27.3. The molecule has 130 valence electrons. The zero-order valence-electron chi connectivity index (χ0n) is 13.7. The number of amides is 2. The predicted octanol–water partition coefficient (Wildman–Crippen LogP) is 2.72. The van der Waals surface area contributed by atoms with E-state index in [1.165, 1.54) is 6.07 Å². The van der Waals surface area contributed by atoms with Crippen LogP contribution in [-0.2, 0) is 0 Å². The fraction of sp³-hybridized carbons (Fsp3) is 0.263. The molecule has 0 unspecified atom stereocenters. The van der Waals surface area contributed by atoms with E-state index in [0.717, 1.165) is 0 Å². The third-order valence-electron chi connectivity index (χ3n) is 4.40. The fourth-order valence-electron chi connectivity index (χ4n) is 2.98. The summed E-state index contributed by atoms with van der Waals surface area (Å²) in [6.45, 7) is 1.15.